The summed E-state index contributed by atoms with van der Waals surface area (Å²) < 4.78 is 14.3. The third-order valence-corrected chi connectivity index (χ3v) is 5.47. The summed E-state index contributed by atoms with van der Waals surface area (Å²) in [6.45, 7) is 3.36. The molecule has 7 heteroatoms. The Balaban J connectivity index is 1.88. The topological polar surface area (TPSA) is 76.4 Å². The molecule has 1 amide bonds. The average molecular weight is 416 g/mol. The van der Waals surface area contributed by atoms with Crippen molar-refractivity contribution in [2.24, 2.45) is 0 Å². The third kappa shape index (κ3) is 4.69. The Morgan fingerprint density at radius 1 is 1.38 bits per heavy atom. The minimum Gasteiger partial charge on any atom is -0.381 e. The summed E-state index contributed by atoms with van der Waals surface area (Å²) >= 11 is 6.13. The zero-order valence-electron chi connectivity index (χ0n) is 16.3. The van der Waals surface area contributed by atoms with Crippen LogP contribution in [0.1, 0.15) is 31.4 Å². The Kier molecular flexibility index (Phi) is 6.11. The fourth-order valence-electron chi connectivity index (χ4n) is 3.68. The van der Waals surface area contributed by atoms with Gasteiger partial charge in [0.05, 0.1) is 16.6 Å². The van der Waals surface area contributed by atoms with Gasteiger partial charge in [0.1, 0.15) is 17.5 Å². The van der Waals surface area contributed by atoms with Crippen LogP contribution >= 0.6 is 11.6 Å². The summed E-state index contributed by atoms with van der Waals surface area (Å²) in [4.78, 5) is 14.4. The first-order valence-electron chi connectivity index (χ1n) is 9.43. The van der Waals surface area contributed by atoms with E-state index < -0.39 is 5.60 Å². The molecule has 1 heterocycles. The highest BCUT2D eigenvalue weighted by Gasteiger charge is 2.41. The van der Waals surface area contributed by atoms with Gasteiger partial charge in [0.15, 0.2) is 0 Å². The number of hydrogen-bond acceptors (Lipinski definition) is 4. The van der Waals surface area contributed by atoms with Gasteiger partial charge in [-0.05, 0) is 56.5 Å². The molecule has 0 spiro atoms. The number of amides is 1. The molecule has 2 N–H and O–H groups in total. The van der Waals surface area contributed by atoms with E-state index >= 15 is 0 Å². The van der Waals surface area contributed by atoms with E-state index in [1.807, 2.05) is 6.07 Å². The highest BCUT2D eigenvalue weighted by molar-refractivity contribution is 6.32. The number of likely N-dealkylation sites (tertiary alicyclic amines) is 1. The third-order valence-electron chi connectivity index (χ3n) is 5.16. The van der Waals surface area contributed by atoms with E-state index in [1.165, 1.54) is 19.9 Å². The molecular weight excluding hydrogens is 393 g/mol. The number of nitrogens with zero attached hydrogens (tertiary/aromatic N) is 2. The van der Waals surface area contributed by atoms with Crippen LogP contribution in [0.15, 0.2) is 42.5 Å². The van der Waals surface area contributed by atoms with E-state index in [1.54, 1.807) is 41.3 Å². The van der Waals surface area contributed by atoms with Crippen molar-refractivity contribution in [3.05, 3.63) is 64.4 Å². The SMILES string of the molecule is CC(C)(O)C(=O)N1CC[C@H](Nc2ccc(C#N)c(Cl)c2)C1Cc1ccccc1F. The molecule has 1 aliphatic rings. The van der Waals surface area contributed by atoms with Crippen molar-refractivity contribution in [2.75, 3.05) is 11.9 Å². The number of anilines is 1. The van der Waals surface area contributed by atoms with Crippen LogP contribution in [0, 0.1) is 17.1 Å². The maximum atomic E-state index is 14.3. The molecule has 0 saturated carbocycles. The van der Waals surface area contributed by atoms with Gasteiger partial charge in [-0.3, -0.25) is 4.79 Å². The van der Waals surface area contributed by atoms with E-state index in [-0.39, 0.29) is 23.8 Å². The number of carbonyl (C=O) groups excluding carboxylic acids is 1. The summed E-state index contributed by atoms with van der Waals surface area (Å²) in [5, 5.41) is 23.0. The Labute approximate surface area is 174 Å². The maximum absolute atomic E-state index is 14.3. The number of benzene rings is 2. The zero-order chi connectivity index (χ0) is 21.2. The lowest BCUT2D eigenvalue weighted by Gasteiger charge is -2.33. The zero-order valence-corrected chi connectivity index (χ0v) is 17.1. The van der Waals surface area contributed by atoms with Crippen LogP contribution in [-0.2, 0) is 11.2 Å². The molecule has 3 rings (SSSR count). The van der Waals surface area contributed by atoms with Gasteiger partial charge in [-0.2, -0.15) is 5.26 Å². The summed E-state index contributed by atoms with van der Waals surface area (Å²) in [7, 11) is 0. The second kappa shape index (κ2) is 8.40. The molecule has 0 radical (unpaired) electrons. The van der Waals surface area contributed by atoms with Gasteiger partial charge in [0.2, 0.25) is 0 Å². The van der Waals surface area contributed by atoms with E-state index in [2.05, 4.69) is 5.32 Å². The van der Waals surface area contributed by atoms with E-state index in [0.717, 1.165) is 5.69 Å². The molecular formula is C22H23ClFN3O2. The maximum Gasteiger partial charge on any atom is 0.254 e. The summed E-state index contributed by atoms with van der Waals surface area (Å²) in [5.74, 6) is -0.712. The molecule has 0 aromatic heterocycles. The molecule has 0 aliphatic carbocycles. The van der Waals surface area contributed by atoms with Crippen molar-refractivity contribution in [3.63, 3.8) is 0 Å². The Morgan fingerprint density at radius 3 is 2.72 bits per heavy atom. The van der Waals surface area contributed by atoms with Crippen molar-refractivity contribution in [1.82, 2.24) is 4.90 Å². The number of halogens is 2. The van der Waals surface area contributed by atoms with Crippen molar-refractivity contribution >= 4 is 23.2 Å². The fourth-order valence-corrected chi connectivity index (χ4v) is 3.90. The minimum absolute atomic E-state index is 0.162. The van der Waals surface area contributed by atoms with E-state index in [4.69, 9.17) is 16.9 Å². The van der Waals surface area contributed by atoms with Gasteiger partial charge >= 0.3 is 0 Å². The monoisotopic (exact) mass is 415 g/mol. The normalized spacial score (nSPS) is 19.1. The Hall–Kier alpha value is -2.62. The van der Waals surface area contributed by atoms with Crippen LogP contribution < -0.4 is 5.32 Å². The molecule has 0 bridgehead atoms. The predicted molar refractivity (Wildman–Crippen MR) is 110 cm³/mol. The van der Waals surface area contributed by atoms with Gasteiger partial charge in [-0.15, -0.1) is 0 Å². The second-order valence-corrected chi connectivity index (χ2v) is 8.17. The predicted octanol–water partition coefficient (Wildman–Crippen LogP) is 3.75. The number of nitriles is 1. The number of aliphatic hydroxyl groups is 1. The van der Waals surface area contributed by atoms with Crippen LogP contribution in [0.5, 0.6) is 0 Å². The fraction of sp³-hybridized carbons (Fsp3) is 0.364. The molecule has 29 heavy (non-hydrogen) atoms. The molecule has 2 aromatic carbocycles. The first-order chi connectivity index (χ1) is 13.7. The van der Waals surface area contributed by atoms with Crippen LogP contribution in [0.3, 0.4) is 0 Å². The van der Waals surface area contributed by atoms with Gasteiger partial charge in [0.25, 0.3) is 5.91 Å². The molecule has 1 aliphatic heterocycles. The molecule has 5 nitrogen and oxygen atoms in total. The molecule has 2 aromatic rings. The van der Waals surface area contributed by atoms with Crippen LogP contribution in [0.4, 0.5) is 10.1 Å². The first-order valence-corrected chi connectivity index (χ1v) is 9.81. The first kappa shape index (κ1) is 21.1. The van der Waals surface area contributed by atoms with Gasteiger partial charge in [-0.25, -0.2) is 4.39 Å². The summed E-state index contributed by atoms with van der Waals surface area (Å²) in [6.07, 6.45) is 0.953. The summed E-state index contributed by atoms with van der Waals surface area (Å²) in [6, 6.07) is 13.1. The molecule has 152 valence electrons. The lowest BCUT2D eigenvalue weighted by Crippen LogP contribution is -2.50. The van der Waals surface area contributed by atoms with Gasteiger partial charge in [-0.1, -0.05) is 29.8 Å². The highest BCUT2D eigenvalue weighted by atomic mass is 35.5. The Bertz CT molecular complexity index is 952. The lowest BCUT2D eigenvalue weighted by molar-refractivity contribution is -0.148. The minimum atomic E-state index is -1.51. The van der Waals surface area contributed by atoms with E-state index in [0.29, 0.717) is 35.5 Å². The highest BCUT2D eigenvalue weighted by Crippen LogP contribution is 2.29. The Morgan fingerprint density at radius 2 is 2.10 bits per heavy atom. The summed E-state index contributed by atoms with van der Waals surface area (Å²) in [5.41, 5.74) is 0.0956. The van der Waals surface area contributed by atoms with E-state index in [9.17, 15) is 14.3 Å². The number of nitrogens with one attached hydrogen (secondary N) is 1. The largest absolute Gasteiger partial charge is 0.381 e. The number of rotatable bonds is 5. The standard InChI is InChI=1S/C22H23ClFN3O2/c1-22(2,29)21(28)27-10-9-19(20(27)11-14-5-3-4-6-18(14)24)26-16-8-7-15(13-25)17(23)12-16/h3-8,12,19-20,26,29H,9-11H2,1-2H3/t19-,20?/m0/s1. The van der Waals surface area contributed by atoms with Crippen molar-refractivity contribution < 1.29 is 14.3 Å². The van der Waals surface area contributed by atoms with Crippen molar-refractivity contribution in [3.8, 4) is 6.07 Å². The number of hydrogen-bond donors (Lipinski definition) is 2. The van der Waals surface area contributed by atoms with Crippen molar-refractivity contribution in [1.29, 1.82) is 5.26 Å². The smallest absolute Gasteiger partial charge is 0.254 e. The van der Waals surface area contributed by atoms with Gasteiger partial charge in [0, 0.05) is 18.3 Å². The van der Waals surface area contributed by atoms with Gasteiger partial charge < -0.3 is 15.3 Å². The number of carbonyl (C=O) groups is 1. The second-order valence-electron chi connectivity index (χ2n) is 7.77. The van der Waals surface area contributed by atoms with Crippen molar-refractivity contribution in [2.45, 2.75) is 44.4 Å². The average Bonchev–Trinajstić information content (AvgIpc) is 3.04. The molecule has 1 fully saturated rings. The molecule has 1 saturated heterocycles. The lowest BCUT2D eigenvalue weighted by atomic mass is 9.98. The van der Waals surface area contributed by atoms with Crippen LogP contribution in [0.2, 0.25) is 5.02 Å². The molecule has 2 atom stereocenters. The van der Waals surface area contributed by atoms with Crippen LogP contribution in [-0.4, -0.2) is 40.1 Å². The van der Waals surface area contributed by atoms with Crippen LogP contribution in [0.25, 0.3) is 0 Å². The quantitative estimate of drug-likeness (QED) is 0.779. The molecule has 1 unspecified atom stereocenters.